The second kappa shape index (κ2) is 2.82. The third-order valence-corrected chi connectivity index (χ3v) is 3.19. The summed E-state index contributed by atoms with van der Waals surface area (Å²) in [6.45, 7) is 4.25. The SMILES string of the molecule is CCOC(=O)[C@@H]1[C@H]2C(=O)C[C@@H](C)[C@H]21. The lowest BCUT2D eigenvalue weighted by molar-refractivity contribution is -0.146. The summed E-state index contributed by atoms with van der Waals surface area (Å²) in [6, 6.07) is 0. The van der Waals surface area contributed by atoms with E-state index in [0.717, 1.165) is 0 Å². The Bertz CT molecular complexity index is 259. The Morgan fingerprint density at radius 1 is 1.62 bits per heavy atom. The van der Waals surface area contributed by atoms with Gasteiger partial charge in [-0.05, 0) is 18.8 Å². The van der Waals surface area contributed by atoms with Crippen molar-refractivity contribution in [1.29, 1.82) is 0 Å². The van der Waals surface area contributed by atoms with Crippen LogP contribution >= 0.6 is 0 Å². The molecule has 2 aliphatic carbocycles. The van der Waals surface area contributed by atoms with Gasteiger partial charge >= 0.3 is 5.97 Å². The minimum atomic E-state index is -0.169. The number of ketones is 1. The van der Waals surface area contributed by atoms with Gasteiger partial charge in [0.25, 0.3) is 0 Å². The fourth-order valence-corrected chi connectivity index (χ4v) is 2.59. The summed E-state index contributed by atoms with van der Waals surface area (Å²) in [5.74, 6) is 0.677. The van der Waals surface area contributed by atoms with E-state index in [1.807, 2.05) is 6.92 Å². The monoisotopic (exact) mass is 182 g/mol. The van der Waals surface area contributed by atoms with Gasteiger partial charge in [-0.2, -0.15) is 0 Å². The fourth-order valence-electron chi connectivity index (χ4n) is 2.59. The molecule has 3 nitrogen and oxygen atoms in total. The molecule has 0 aromatic heterocycles. The first-order valence-corrected chi connectivity index (χ1v) is 4.86. The van der Waals surface area contributed by atoms with Gasteiger partial charge in [0.1, 0.15) is 5.78 Å². The van der Waals surface area contributed by atoms with E-state index in [2.05, 4.69) is 0 Å². The first kappa shape index (κ1) is 8.73. The molecule has 2 rings (SSSR count). The molecule has 0 N–H and O–H groups in total. The molecule has 0 heterocycles. The number of carbonyl (C=O) groups is 2. The van der Waals surface area contributed by atoms with Crippen LogP contribution in [0.5, 0.6) is 0 Å². The van der Waals surface area contributed by atoms with Crippen molar-refractivity contribution in [2.75, 3.05) is 6.61 Å². The Hall–Kier alpha value is -0.860. The highest BCUT2D eigenvalue weighted by molar-refractivity contribution is 5.95. The van der Waals surface area contributed by atoms with E-state index in [1.165, 1.54) is 0 Å². The summed E-state index contributed by atoms with van der Waals surface area (Å²) in [5, 5.41) is 0. The number of rotatable bonds is 2. The molecule has 0 saturated heterocycles. The average molecular weight is 182 g/mol. The van der Waals surface area contributed by atoms with Crippen molar-refractivity contribution < 1.29 is 14.3 Å². The first-order valence-electron chi connectivity index (χ1n) is 4.86. The molecule has 4 atom stereocenters. The molecule has 2 aliphatic rings. The molecule has 0 radical (unpaired) electrons. The Balaban J connectivity index is 2.00. The van der Waals surface area contributed by atoms with Gasteiger partial charge < -0.3 is 4.74 Å². The summed E-state index contributed by atoms with van der Waals surface area (Å²) in [4.78, 5) is 22.7. The van der Waals surface area contributed by atoms with Crippen molar-refractivity contribution in [3.05, 3.63) is 0 Å². The zero-order valence-electron chi connectivity index (χ0n) is 7.95. The highest BCUT2D eigenvalue weighted by Crippen LogP contribution is 2.58. The number of hydrogen-bond acceptors (Lipinski definition) is 3. The van der Waals surface area contributed by atoms with Crippen LogP contribution in [0, 0.1) is 23.7 Å². The van der Waals surface area contributed by atoms with Gasteiger partial charge in [0.15, 0.2) is 0 Å². The lowest BCUT2D eigenvalue weighted by Crippen LogP contribution is -2.15. The second-order valence-corrected chi connectivity index (χ2v) is 4.03. The molecule has 0 unspecified atom stereocenters. The molecule has 72 valence electrons. The summed E-state index contributed by atoms with van der Waals surface area (Å²) in [5.41, 5.74) is 0. The van der Waals surface area contributed by atoms with Crippen molar-refractivity contribution in [3.63, 3.8) is 0 Å². The van der Waals surface area contributed by atoms with E-state index in [9.17, 15) is 9.59 Å². The lowest BCUT2D eigenvalue weighted by Gasteiger charge is -2.06. The molecule has 0 amide bonds. The molecule has 3 heteroatoms. The zero-order valence-corrected chi connectivity index (χ0v) is 7.95. The Morgan fingerprint density at radius 3 is 2.77 bits per heavy atom. The maximum absolute atomic E-state index is 11.3. The number of hydrogen-bond donors (Lipinski definition) is 0. The van der Waals surface area contributed by atoms with Crippen LogP contribution in [0.2, 0.25) is 0 Å². The van der Waals surface area contributed by atoms with Gasteiger partial charge in [-0.25, -0.2) is 0 Å². The number of Topliss-reactive ketones (excluding diaryl/α,β-unsaturated/α-hetero) is 1. The predicted octanol–water partition coefficient (Wildman–Crippen LogP) is 1.02. The number of ether oxygens (including phenoxy) is 1. The normalized spacial score (nSPS) is 41.5. The van der Waals surface area contributed by atoms with Crippen LogP contribution in [0.25, 0.3) is 0 Å². The van der Waals surface area contributed by atoms with Gasteiger partial charge in [-0.1, -0.05) is 6.92 Å². The summed E-state index contributed by atoms with van der Waals surface area (Å²) in [6.07, 6.45) is 0.658. The second-order valence-electron chi connectivity index (χ2n) is 4.03. The largest absolute Gasteiger partial charge is 0.466 e. The molecule has 0 aromatic carbocycles. The van der Waals surface area contributed by atoms with Gasteiger partial charge in [0.2, 0.25) is 0 Å². The molecule has 0 bridgehead atoms. The first-order chi connectivity index (χ1) is 6.16. The van der Waals surface area contributed by atoms with Crippen molar-refractivity contribution in [3.8, 4) is 0 Å². The van der Waals surface area contributed by atoms with Gasteiger partial charge in [0.05, 0.1) is 12.5 Å². The Kier molecular flexibility index (Phi) is 1.90. The van der Waals surface area contributed by atoms with E-state index in [-0.39, 0.29) is 23.6 Å². The minimum Gasteiger partial charge on any atom is -0.466 e. The van der Waals surface area contributed by atoms with Crippen molar-refractivity contribution in [2.24, 2.45) is 23.7 Å². The summed E-state index contributed by atoms with van der Waals surface area (Å²) in [7, 11) is 0. The third kappa shape index (κ3) is 1.18. The van der Waals surface area contributed by atoms with Crippen LogP contribution in [-0.2, 0) is 14.3 Å². The van der Waals surface area contributed by atoms with E-state index < -0.39 is 0 Å². The molecule has 0 spiro atoms. The molecule has 2 saturated carbocycles. The minimum absolute atomic E-state index is 0.00838. The number of fused-ring (bicyclic) bond motifs is 1. The number of esters is 1. The van der Waals surface area contributed by atoms with Crippen LogP contribution in [-0.4, -0.2) is 18.4 Å². The van der Waals surface area contributed by atoms with Crippen LogP contribution < -0.4 is 0 Å². The maximum atomic E-state index is 11.3. The van der Waals surface area contributed by atoms with Crippen molar-refractivity contribution >= 4 is 11.8 Å². The number of carbonyl (C=O) groups excluding carboxylic acids is 2. The summed E-state index contributed by atoms with van der Waals surface area (Å²) >= 11 is 0. The van der Waals surface area contributed by atoms with Gasteiger partial charge in [-0.3, -0.25) is 9.59 Å². The van der Waals surface area contributed by atoms with E-state index in [1.54, 1.807) is 6.92 Å². The molecule has 2 fully saturated rings. The molecular formula is C10H14O3. The van der Waals surface area contributed by atoms with E-state index >= 15 is 0 Å². The third-order valence-electron chi connectivity index (χ3n) is 3.19. The van der Waals surface area contributed by atoms with Gasteiger partial charge in [-0.15, -0.1) is 0 Å². The van der Waals surface area contributed by atoms with Gasteiger partial charge in [0, 0.05) is 12.3 Å². The van der Waals surface area contributed by atoms with Crippen LogP contribution in [0.4, 0.5) is 0 Å². The Labute approximate surface area is 77.4 Å². The quantitative estimate of drug-likeness (QED) is 0.599. The van der Waals surface area contributed by atoms with Crippen LogP contribution in [0.3, 0.4) is 0 Å². The Morgan fingerprint density at radius 2 is 2.31 bits per heavy atom. The predicted molar refractivity (Wildman–Crippen MR) is 45.9 cm³/mol. The van der Waals surface area contributed by atoms with E-state index in [4.69, 9.17) is 4.74 Å². The lowest BCUT2D eigenvalue weighted by atomic mass is 10.0. The van der Waals surface area contributed by atoms with Crippen LogP contribution in [0.15, 0.2) is 0 Å². The highest BCUT2D eigenvalue weighted by Gasteiger charge is 2.65. The molecule has 0 aromatic rings. The topological polar surface area (TPSA) is 43.4 Å². The summed E-state index contributed by atoms with van der Waals surface area (Å²) < 4.78 is 4.91. The zero-order chi connectivity index (χ0) is 9.59. The van der Waals surface area contributed by atoms with Crippen molar-refractivity contribution in [1.82, 2.24) is 0 Å². The van der Waals surface area contributed by atoms with Crippen molar-refractivity contribution in [2.45, 2.75) is 20.3 Å². The standard InChI is InChI=1S/C10H14O3/c1-3-13-10(12)9-7-5(2)4-6(11)8(7)9/h5,7-9H,3-4H2,1-2H3/t5-,7-,8+,9+/m1/s1. The average Bonchev–Trinajstić information content (AvgIpc) is 2.72. The van der Waals surface area contributed by atoms with Crippen LogP contribution in [0.1, 0.15) is 20.3 Å². The highest BCUT2D eigenvalue weighted by atomic mass is 16.5. The maximum Gasteiger partial charge on any atom is 0.309 e. The fraction of sp³-hybridized carbons (Fsp3) is 0.800. The molecule has 0 aliphatic heterocycles. The molecular weight excluding hydrogens is 168 g/mol. The molecule has 13 heavy (non-hydrogen) atoms. The smallest absolute Gasteiger partial charge is 0.309 e. The van der Waals surface area contributed by atoms with E-state index in [0.29, 0.717) is 24.9 Å².